The highest BCUT2D eigenvalue weighted by molar-refractivity contribution is 5.94. The highest BCUT2D eigenvalue weighted by atomic mass is 19.4. The first-order valence-electron chi connectivity index (χ1n) is 7.85. The molecule has 156 valence electrons. The second kappa shape index (κ2) is 9.17. The largest absolute Gasteiger partial charge is 0.573 e. The molecule has 2 rings (SSSR count). The predicted octanol–water partition coefficient (Wildman–Crippen LogP) is 3.44. The predicted molar refractivity (Wildman–Crippen MR) is 88.3 cm³/mol. The van der Waals surface area contributed by atoms with Gasteiger partial charge in [-0.3, -0.25) is 4.79 Å². The number of alkyl halides is 3. The van der Waals surface area contributed by atoms with E-state index in [1.807, 2.05) is 5.32 Å². The molecular weight excluding hydrogens is 408 g/mol. The number of ether oxygens (including phenoxy) is 1. The van der Waals surface area contributed by atoms with E-state index in [-0.39, 0.29) is 12.1 Å². The third-order valence-corrected chi connectivity index (χ3v) is 3.36. The molecule has 0 saturated heterocycles. The fourth-order valence-corrected chi connectivity index (χ4v) is 2.09. The molecule has 0 saturated carbocycles. The van der Waals surface area contributed by atoms with Crippen LogP contribution in [0, 0.1) is 17.5 Å². The smallest absolute Gasteiger partial charge is 0.405 e. The summed E-state index contributed by atoms with van der Waals surface area (Å²) >= 11 is 0. The van der Waals surface area contributed by atoms with Crippen molar-refractivity contribution in [2.75, 3.05) is 11.9 Å². The van der Waals surface area contributed by atoms with E-state index >= 15 is 0 Å². The molecule has 0 bridgehead atoms. The minimum Gasteiger partial charge on any atom is -0.405 e. The Bertz CT molecular complexity index is 904. The molecule has 0 fully saturated rings. The molecule has 0 spiro atoms. The lowest BCUT2D eigenvalue weighted by Gasteiger charge is -2.14. The van der Waals surface area contributed by atoms with Crippen molar-refractivity contribution in [3.05, 3.63) is 59.4 Å². The van der Waals surface area contributed by atoms with E-state index in [9.17, 15) is 35.9 Å². The van der Waals surface area contributed by atoms with Crippen LogP contribution in [-0.4, -0.2) is 24.8 Å². The van der Waals surface area contributed by atoms with Crippen molar-refractivity contribution in [1.29, 1.82) is 0 Å². The number of nitrogens with one attached hydrogen (secondary N) is 3. The second-order valence-electron chi connectivity index (χ2n) is 5.46. The Labute approximate surface area is 159 Å². The van der Waals surface area contributed by atoms with Gasteiger partial charge in [0.2, 0.25) is 5.91 Å². The summed E-state index contributed by atoms with van der Waals surface area (Å²) in [6.07, 6.45) is -4.91. The third kappa shape index (κ3) is 6.59. The van der Waals surface area contributed by atoms with Crippen LogP contribution in [0.15, 0.2) is 36.4 Å². The molecule has 6 nitrogen and oxygen atoms in total. The summed E-state index contributed by atoms with van der Waals surface area (Å²) in [5.41, 5.74) is -0.609. The molecule has 0 heterocycles. The number of carbonyl (C=O) groups excluding carboxylic acids is 2. The minimum absolute atomic E-state index is 0.0216. The topological polar surface area (TPSA) is 79.5 Å². The first-order chi connectivity index (χ1) is 13.6. The molecule has 0 aliphatic heterocycles. The van der Waals surface area contributed by atoms with Crippen molar-refractivity contribution >= 4 is 17.6 Å². The van der Waals surface area contributed by atoms with E-state index in [4.69, 9.17) is 0 Å². The molecule has 2 aromatic carbocycles. The minimum atomic E-state index is -4.91. The molecule has 0 aliphatic carbocycles. The Hall–Kier alpha value is -3.44. The van der Waals surface area contributed by atoms with Gasteiger partial charge < -0.3 is 20.7 Å². The van der Waals surface area contributed by atoms with Crippen molar-refractivity contribution in [1.82, 2.24) is 10.6 Å². The number of rotatable bonds is 6. The van der Waals surface area contributed by atoms with E-state index in [1.165, 1.54) is 18.2 Å². The summed E-state index contributed by atoms with van der Waals surface area (Å²) < 4.78 is 80.3. The van der Waals surface area contributed by atoms with Crippen molar-refractivity contribution in [2.24, 2.45) is 0 Å². The summed E-state index contributed by atoms with van der Waals surface area (Å²) in [4.78, 5) is 23.4. The lowest BCUT2D eigenvalue weighted by Crippen LogP contribution is -2.39. The molecule has 0 radical (unpaired) electrons. The Morgan fingerprint density at radius 3 is 2.31 bits per heavy atom. The van der Waals surface area contributed by atoms with Gasteiger partial charge >= 0.3 is 12.4 Å². The number of urea groups is 1. The number of anilines is 1. The van der Waals surface area contributed by atoms with Gasteiger partial charge in [-0.1, -0.05) is 18.2 Å². The second-order valence-corrected chi connectivity index (χ2v) is 5.46. The van der Waals surface area contributed by atoms with Crippen LogP contribution in [-0.2, 0) is 11.3 Å². The highest BCUT2D eigenvalue weighted by Crippen LogP contribution is 2.26. The third-order valence-electron chi connectivity index (χ3n) is 3.36. The Balaban J connectivity index is 1.85. The van der Waals surface area contributed by atoms with Gasteiger partial charge in [-0.15, -0.1) is 13.2 Å². The molecule has 3 N–H and O–H groups in total. The summed E-state index contributed by atoms with van der Waals surface area (Å²) in [6.45, 7) is -1.03. The number of hydrogen-bond acceptors (Lipinski definition) is 3. The normalized spacial score (nSPS) is 11.0. The van der Waals surface area contributed by atoms with Crippen LogP contribution in [0.25, 0.3) is 0 Å². The number of para-hydroxylation sites is 1. The zero-order valence-corrected chi connectivity index (χ0v) is 14.4. The highest BCUT2D eigenvalue weighted by Gasteiger charge is 2.32. The van der Waals surface area contributed by atoms with Gasteiger partial charge in [0, 0.05) is 12.1 Å². The first kappa shape index (κ1) is 21.9. The van der Waals surface area contributed by atoms with Crippen molar-refractivity contribution in [3.8, 4) is 5.75 Å². The maximum Gasteiger partial charge on any atom is 0.573 e. The van der Waals surface area contributed by atoms with Crippen molar-refractivity contribution in [2.45, 2.75) is 12.9 Å². The molecular formula is C17H13F6N3O3. The van der Waals surface area contributed by atoms with E-state index in [0.717, 1.165) is 12.1 Å². The maximum atomic E-state index is 13.5. The van der Waals surface area contributed by atoms with Crippen LogP contribution in [0.3, 0.4) is 0 Å². The molecule has 29 heavy (non-hydrogen) atoms. The molecule has 2 aromatic rings. The van der Waals surface area contributed by atoms with Gasteiger partial charge in [0.25, 0.3) is 0 Å². The van der Waals surface area contributed by atoms with Crippen LogP contribution in [0.4, 0.5) is 36.8 Å². The van der Waals surface area contributed by atoms with E-state index in [2.05, 4.69) is 15.4 Å². The van der Waals surface area contributed by atoms with E-state index < -0.39 is 53.7 Å². The van der Waals surface area contributed by atoms with Crippen LogP contribution in [0.5, 0.6) is 5.75 Å². The van der Waals surface area contributed by atoms with Gasteiger partial charge in [-0.05, 0) is 18.2 Å². The van der Waals surface area contributed by atoms with Gasteiger partial charge in [0.05, 0.1) is 12.2 Å². The lowest BCUT2D eigenvalue weighted by molar-refractivity contribution is -0.274. The lowest BCUT2D eigenvalue weighted by atomic mass is 10.2. The Morgan fingerprint density at radius 2 is 1.62 bits per heavy atom. The number of halogens is 6. The van der Waals surface area contributed by atoms with Crippen LogP contribution in [0.1, 0.15) is 5.56 Å². The average Bonchev–Trinajstić information content (AvgIpc) is 2.65. The maximum absolute atomic E-state index is 13.5. The Kier molecular flexibility index (Phi) is 6.91. The van der Waals surface area contributed by atoms with E-state index in [1.54, 1.807) is 0 Å². The summed E-state index contributed by atoms with van der Waals surface area (Å²) in [5, 5.41) is 6.22. The van der Waals surface area contributed by atoms with Gasteiger partial charge in [0.15, 0.2) is 17.5 Å². The Morgan fingerprint density at radius 1 is 0.931 bits per heavy atom. The summed E-state index contributed by atoms with van der Waals surface area (Å²) in [7, 11) is 0. The molecule has 0 aliphatic rings. The molecule has 12 heteroatoms. The average molecular weight is 421 g/mol. The number of amides is 3. The summed E-state index contributed by atoms with van der Waals surface area (Å²) in [6, 6.07) is 5.58. The molecule has 0 atom stereocenters. The van der Waals surface area contributed by atoms with Gasteiger partial charge in [-0.25, -0.2) is 18.0 Å². The standard InChI is InChI=1S/C17H13F6N3O3/c18-10-5-6-11(15(20)14(10)19)26-13(27)8-25-16(28)24-7-9-3-1-2-4-12(9)29-17(21,22)23/h1-6H,7-8H2,(H,26,27)(H2,24,25,28). The van der Waals surface area contributed by atoms with Crippen LogP contribution >= 0.6 is 0 Å². The monoisotopic (exact) mass is 421 g/mol. The first-order valence-corrected chi connectivity index (χ1v) is 7.85. The fraction of sp³-hybridized carbons (Fsp3) is 0.176. The number of hydrogen-bond donors (Lipinski definition) is 3. The number of benzene rings is 2. The molecule has 0 aromatic heterocycles. The molecule has 3 amide bonds. The number of carbonyl (C=O) groups is 2. The zero-order chi connectivity index (χ0) is 21.6. The van der Waals surface area contributed by atoms with Crippen LogP contribution in [0.2, 0.25) is 0 Å². The SMILES string of the molecule is O=C(CNC(=O)NCc1ccccc1OC(F)(F)F)Nc1ccc(F)c(F)c1F. The van der Waals surface area contributed by atoms with Crippen molar-refractivity contribution < 1.29 is 40.7 Å². The van der Waals surface area contributed by atoms with Crippen molar-refractivity contribution in [3.63, 3.8) is 0 Å². The zero-order valence-electron chi connectivity index (χ0n) is 14.4. The quantitative estimate of drug-likeness (QED) is 0.494. The van der Waals surface area contributed by atoms with Crippen LogP contribution < -0.4 is 20.7 Å². The molecule has 0 unspecified atom stereocenters. The van der Waals surface area contributed by atoms with E-state index in [0.29, 0.717) is 6.07 Å². The van der Waals surface area contributed by atoms with Gasteiger partial charge in [-0.2, -0.15) is 0 Å². The summed E-state index contributed by atoms with van der Waals surface area (Å²) in [5.74, 6) is -6.28. The van der Waals surface area contributed by atoms with Gasteiger partial charge in [0.1, 0.15) is 5.75 Å². The fourth-order valence-electron chi connectivity index (χ4n) is 2.09.